The summed E-state index contributed by atoms with van der Waals surface area (Å²) in [5.74, 6) is 0. The minimum absolute atomic E-state index is 0.351. The van der Waals surface area contributed by atoms with Gasteiger partial charge in [0.2, 0.25) is 0 Å². The van der Waals surface area contributed by atoms with Crippen LogP contribution in [0.25, 0.3) is 0 Å². The lowest BCUT2D eigenvalue weighted by Gasteiger charge is -2.28. The molecule has 1 unspecified atom stereocenters. The van der Waals surface area contributed by atoms with Crippen LogP contribution in [0.1, 0.15) is 142 Å². The summed E-state index contributed by atoms with van der Waals surface area (Å²) in [5, 5.41) is 12.3. The van der Waals surface area contributed by atoms with Crippen LogP contribution in [0.4, 0.5) is 0 Å². The summed E-state index contributed by atoms with van der Waals surface area (Å²) in [4.78, 5) is 0. The van der Waals surface area contributed by atoms with Crippen molar-refractivity contribution in [3.8, 4) is 0 Å². The van der Waals surface area contributed by atoms with Gasteiger partial charge in [-0.1, -0.05) is 117 Å². The predicted molar refractivity (Wildman–Crippen MR) is 118 cm³/mol. The van der Waals surface area contributed by atoms with E-state index in [0.29, 0.717) is 11.1 Å². The van der Waals surface area contributed by atoms with E-state index in [1.54, 1.807) is 0 Å². The molecule has 0 amide bonds. The van der Waals surface area contributed by atoms with Gasteiger partial charge < -0.3 is 10.3 Å². The van der Waals surface area contributed by atoms with Crippen LogP contribution in [-0.4, -0.2) is 13.1 Å². The summed E-state index contributed by atoms with van der Waals surface area (Å²) in [6.45, 7) is 4.56. The second-order valence-electron chi connectivity index (χ2n) is 8.54. The fourth-order valence-corrected chi connectivity index (χ4v) is 3.95. The molecule has 0 saturated carbocycles. The first-order valence-electron chi connectivity index (χ1n) is 12.2. The Kier molecular flexibility index (Phi) is 21.2. The van der Waals surface area contributed by atoms with E-state index in [0.717, 1.165) is 12.8 Å². The van der Waals surface area contributed by atoms with Crippen molar-refractivity contribution in [3.05, 3.63) is 5.21 Å². The molecule has 0 fully saturated rings. The summed E-state index contributed by atoms with van der Waals surface area (Å²) in [7, 11) is 1.81. The van der Waals surface area contributed by atoms with E-state index in [-0.39, 0.29) is 0 Å². The third kappa shape index (κ3) is 18.7. The molecule has 1 N–H and O–H groups in total. The molecule has 2 nitrogen and oxygen atoms in total. The summed E-state index contributed by atoms with van der Waals surface area (Å²) in [6, 6.07) is 0.351. The molecule has 0 aliphatic carbocycles. The third-order valence-corrected chi connectivity index (χ3v) is 5.89. The molecule has 0 aliphatic heterocycles. The summed E-state index contributed by atoms with van der Waals surface area (Å²) >= 11 is 0. The highest BCUT2D eigenvalue weighted by Gasteiger charge is 2.11. The van der Waals surface area contributed by atoms with Crippen LogP contribution in [0.5, 0.6) is 0 Å². The molecule has 0 bridgehead atoms. The fourth-order valence-electron chi connectivity index (χ4n) is 3.95. The lowest BCUT2D eigenvalue weighted by atomic mass is 9.99. The van der Waals surface area contributed by atoms with Gasteiger partial charge in [-0.05, 0) is 25.7 Å². The van der Waals surface area contributed by atoms with Gasteiger partial charge in [-0.3, -0.25) is 0 Å². The highest BCUT2D eigenvalue weighted by atomic mass is 16.5. The molecule has 0 rings (SSSR count). The van der Waals surface area contributed by atoms with E-state index in [1.165, 1.54) is 116 Å². The molecular weight excluding hydrogens is 318 g/mol. The topological polar surface area (TPSA) is 27.5 Å². The maximum Gasteiger partial charge on any atom is 0.0869 e. The zero-order valence-electron chi connectivity index (χ0n) is 18.6. The molecule has 0 aromatic rings. The van der Waals surface area contributed by atoms with Gasteiger partial charge >= 0.3 is 0 Å². The second-order valence-corrected chi connectivity index (χ2v) is 8.54. The lowest BCUT2D eigenvalue weighted by molar-refractivity contribution is -0.855. The first-order valence-corrected chi connectivity index (χ1v) is 12.2. The highest BCUT2D eigenvalue weighted by molar-refractivity contribution is 4.59. The predicted octanol–water partition coefficient (Wildman–Crippen LogP) is 7.21. The molecular formula is C24H51NO. The van der Waals surface area contributed by atoms with Crippen LogP contribution in [0.15, 0.2) is 0 Å². The molecule has 158 valence electrons. The average molecular weight is 370 g/mol. The van der Waals surface area contributed by atoms with Crippen LogP contribution < -0.4 is 5.06 Å². The van der Waals surface area contributed by atoms with Gasteiger partial charge in [0.25, 0.3) is 0 Å². The molecule has 1 atom stereocenters. The fraction of sp³-hybridized carbons (Fsp3) is 1.00. The van der Waals surface area contributed by atoms with Crippen molar-refractivity contribution in [1.82, 2.24) is 0 Å². The molecule has 0 heterocycles. The molecule has 0 aromatic heterocycles. The zero-order valence-corrected chi connectivity index (χ0v) is 18.6. The first kappa shape index (κ1) is 25.9. The Labute approximate surface area is 166 Å². The minimum atomic E-state index is 0.351. The molecule has 0 saturated heterocycles. The van der Waals surface area contributed by atoms with Crippen LogP contribution in [0, 0.1) is 5.21 Å². The molecule has 2 heteroatoms. The number of rotatable bonds is 21. The van der Waals surface area contributed by atoms with E-state index < -0.39 is 0 Å². The maximum atomic E-state index is 11.9. The number of unbranched alkanes of at least 4 members (excludes halogenated alkanes) is 16. The van der Waals surface area contributed by atoms with Crippen LogP contribution in [0.2, 0.25) is 0 Å². The van der Waals surface area contributed by atoms with Gasteiger partial charge in [0.1, 0.15) is 0 Å². The Morgan fingerprint density at radius 3 is 1.04 bits per heavy atom. The number of hydroxylamine groups is 2. The van der Waals surface area contributed by atoms with Crippen molar-refractivity contribution in [2.24, 2.45) is 0 Å². The average Bonchev–Trinajstić information content (AvgIpc) is 2.63. The van der Waals surface area contributed by atoms with Crippen LogP contribution in [0.3, 0.4) is 0 Å². The highest BCUT2D eigenvalue weighted by Crippen LogP contribution is 2.14. The Hall–Kier alpha value is -0.0800. The smallest absolute Gasteiger partial charge is 0.0869 e. The number of hydrogen-bond acceptors (Lipinski definition) is 1. The maximum absolute atomic E-state index is 11.9. The van der Waals surface area contributed by atoms with Gasteiger partial charge in [-0.15, -0.1) is 0 Å². The van der Waals surface area contributed by atoms with Crippen LogP contribution in [-0.2, 0) is 0 Å². The number of nitrogens with one attached hydrogen (secondary N) is 1. The van der Waals surface area contributed by atoms with Gasteiger partial charge in [-0.25, -0.2) is 0 Å². The monoisotopic (exact) mass is 369 g/mol. The van der Waals surface area contributed by atoms with Crippen molar-refractivity contribution in [2.75, 3.05) is 7.05 Å². The van der Waals surface area contributed by atoms with E-state index in [4.69, 9.17) is 0 Å². The normalized spacial score (nSPS) is 12.8. The number of hydrogen-bond donors (Lipinski definition) is 1. The molecule has 26 heavy (non-hydrogen) atoms. The number of quaternary nitrogens is 1. The molecule has 0 spiro atoms. The Morgan fingerprint density at radius 2 is 0.769 bits per heavy atom. The van der Waals surface area contributed by atoms with Gasteiger partial charge in [-0.2, -0.15) is 0 Å². The second kappa shape index (κ2) is 21.2. The lowest BCUT2D eigenvalue weighted by Crippen LogP contribution is -3.08. The van der Waals surface area contributed by atoms with E-state index >= 15 is 0 Å². The van der Waals surface area contributed by atoms with Crippen molar-refractivity contribution in [1.29, 1.82) is 0 Å². The van der Waals surface area contributed by atoms with Crippen molar-refractivity contribution >= 4 is 0 Å². The van der Waals surface area contributed by atoms with E-state index in [2.05, 4.69) is 13.8 Å². The Morgan fingerprint density at radius 1 is 0.500 bits per heavy atom. The van der Waals surface area contributed by atoms with Gasteiger partial charge in [0, 0.05) is 0 Å². The summed E-state index contributed by atoms with van der Waals surface area (Å²) < 4.78 is 0. The quantitative estimate of drug-likeness (QED) is 0.168. The summed E-state index contributed by atoms with van der Waals surface area (Å²) in [5.41, 5.74) is 0. The Bertz CT molecular complexity index is 233. The summed E-state index contributed by atoms with van der Waals surface area (Å²) in [6.07, 6.45) is 27.0. The largest absolute Gasteiger partial charge is 0.634 e. The molecule has 0 aromatic carbocycles. The molecule has 0 radical (unpaired) electrons. The van der Waals surface area contributed by atoms with E-state index in [1.807, 2.05) is 7.05 Å². The molecule has 0 aliphatic rings. The van der Waals surface area contributed by atoms with Crippen molar-refractivity contribution < 1.29 is 5.06 Å². The minimum Gasteiger partial charge on any atom is -0.634 e. The van der Waals surface area contributed by atoms with Crippen molar-refractivity contribution in [3.63, 3.8) is 0 Å². The van der Waals surface area contributed by atoms with E-state index in [9.17, 15) is 5.21 Å². The standard InChI is InChI=1S/C24H51NO/c1-4-6-8-10-12-14-16-18-20-22-24(25(3)26)23-21-19-17-15-13-11-9-7-5-2/h24-25H,4-23H2,1-3H3. The van der Waals surface area contributed by atoms with Gasteiger partial charge in [0.15, 0.2) is 0 Å². The van der Waals surface area contributed by atoms with Crippen LogP contribution >= 0.6 is 0 Å². The van der Waals surface area contributed by atoms with Crippen molar-refractivity contribution in [2.45, 2.75) is 148 Å². The SMILES string of the molecule is CCCCCCCCCCCC(CCCCCCCCCCC)[NH+](C)[O-]. The zero-order chi connectivity index (χ0) is 19.3. The first-order chi connectivity index (χ1) is 12.7. The Balaban J connectivity index is 3.45. The third-order valence-electron chi connectivity index (χ3n) is 5.89. The van der Waals surface area contributed by atoms with Gasteiger partial charge in [0.05, 0.1) is 13.1 Å².